The van der Waals surface area contributed by atoms with Crippen LogP contribution in [0.1, 0.15) is 19.7 Å². The Bertz CT molecular complexity index is 393. The van der Waals surface area contributed by atoms with E-state index in [1.165, 1.54) is 6.07 Å². The zero-order valence-electron chi connectivity index (χ0n) is 8.06. The highest BCUT2D eigenvalue weighted by atomic mass is 19.1. The van der Waals surface area contributed by atoms with E-state index in [9.17, 15) is 4.39 Å². The molecule has 0 amide bonds. The van der Waals surface area contributed by atoms with Crippen LogP contribution >= 0.6 is 0 Å². The number of hydrogen-bond acceptors (Lipinski definition) is 1. The fourth-order valence-corrected chi connectivity index (χ4v) is 1.12. The van der Waals surface area contributed by atoms with Crippen molar-refractivity contribution >= 4 is 11.0 Å². The lowest BCUT2D eigenvalue weighted by Gasteiger charge is -1.86. The van der Waals surface area contributed by atoms with Gasteiger partial charge in [-0.15, -0.1) is 0 Å². The Morgan fingerprint density at radius 3 is 2.62 bits per heavy atom. The molecule has 1 aromatic heterocycles. The predicted octanol–water partition coefficient (Wildman–Crippen LogP) is 3.04. The van der Waals surface area contributed by atoms with Crippen LogP contribution in [-0.2, 0) is 0 Å². The van der Waals surface area contributed by atoms with Crippen LogP contribution in [0.2, 0.25) is 0 Å². The van der Waals surface area contributed by atoms with E-state index in [0.717, 1.165) is 11.3 Å². The summed E-state index contributed by atoms with van der Waals surface area (Å²) in [6, 6.07) is 4.87. The third kappa shape index (κ3) is 1.86. The molecule has 0 aliphatic heterocycles. The number of H-pyrrole nitrogens is 1. The lowest BCUT2D eigenvalue weighted by molar-refractivity contribution is 0.637. The van der Waals surface area contributed by atoms with Gasteiger partial charge >= 0.3 is 0 Å². The van der Waals surface area contributed by atoms with Crippen molar-refractivity contribution < 1.29 is 4.39 Å². The van der Waals surface area contributed by atoms with E-state index in [-0.39, 0.29) is 5.82 Å². The zero-order chi connectivity index (χ0) is 9.84. The maximum atomic E-state index is 12.9. The van der Waals surface area contributed by atoms with E-state index in [0.29, 0.717) is 5.52 Å². The molecule has 0 atom stereocenters. The van der Waals surface area contributed by atoms with Crippen LogP contribution in [-0.4, -0.2) is 9.97 Å². The lowest BCUT2D eigenvalue weighted by atomic mass is 10.3. The molecule has 0 bridgehead atoms. The number of rotatable bonds is 0. The molecule has 0 aliphatic rings. The molecule has 0 saturated heterocycles. The summed E-state index contributed by atoms with van der Waals surface area (Å²) in [5.74, 6) is 0.469. The third-order valence-corrected chi connectivity index (χ3v) is 1.58. The Balaban J connectivity index is 0.000000396. The molecule has 2 rings (SSSR count). The number of aromatic nitrogens is 2. The van der Waals surface area contributed by atoms with E-state index in [2.05, 4.69) is 9.97 Å². The summed E-state index contributed by atoms with van der Waals surface area (Å²) in [5.41, 5.74) is 1.17. The Labute approximate surface area is 76.8 Å². The van der Waals surface area contributed by atoms with Crippen molar-refractivity contribution in [2.75, 3.05) is 0 Å². The summed E-state index contributed by atoms with van der Waals surface area (Å²) < 4.78 is 12.9. The van der Waals surface area contributed by atoms with Gasteiger partial charge in [-0.3, -0.25) is 0 Å². The molecule has 0 aliphatic carbocycles. The average molecular weight is 180 g/mol. The molecule has 1 aromatic carbocycles. The monoisotopic (exact) mass is 180 g/mol. The molecule has 1 N–H and O–H groups in total. The minimum absolute atomic E-state index is 0.271. The average Bonchev–Trinajstić information content (AvgIpc) is 2.51. The third-order valence-electron chi connectivity index (χ3n) is 1.58. The van der Waals surface area contributed by atoms with Gasteiger partial charge in [0.25, 0.3) is 0 Å². The predicted molar refractivity (Wildman–Crippen MR) is 52.1 cm³/mol. The molecule has 13 heavy (non-hydrogen) atoms. The molecule has 3 heteroatoms. The first-order valence-electron chi connectivity index (χ1n) is 4.38. The number of benzene rings is 1. The van der Waals surface area contributed by atoms with Crippen LogP contribution in [0.15, 0.2) is 18.2 Å². The highest BCUT2D eigenvalue weighted by Crippen LogP contribution is 2.13. The molecule has 2 aromatic rings. The van der Waals surface area contributed by atoms with Gasteiger partial charge in [0, 0.05) is 0 Å². The molecule has 0 saturated carbocycles. The molecule has 0 fully saturated rings. The van der Waals surface area contributed by atoms with Crippen molar-refractivity contribution in [2.24, 2.45) is 0 Å². The number of fused-ring (bicyclic) bond motifs is 1. The van der Waals surface area contributed by atoms with Gasteiger partial charge < -0.3 is 4.98 Å². The van der Waals surface area contributed by atoms with Crippen LogP contribution in [0, 0.1) is 12.7 Å². The topological polar surface area (TPSA) is 28.7 Å². The fraction of sp³-hybridized carbons (Fsp3) is 0.300. The van der Waals surface area contributed by atoms with Crippen LogP contribution in [0.4, 0.5) is 4.39 Å². The van der Waals surface area contributed by atoms with Gasteiger partial charge in [-0.05, 0) is 19.1 Å². The van der Waals surface area contributed by atoms with Crippen molar-refractivity contribution in [2.45, 2.75) is 20.8 Å². The molecule has 0 unspecified atom stereocenters. The number of hydrogen-bond donors (Lipinski definition) is 1. The minimum Gasteiger partial charge on any atom is -0.342 e. The molecule has 70 valence electrons. The largest absolute Gasteiger partial charge is 0.342 e. The van der Waals surface area contributed by atoms with E-state index < -0.39 is 0 Å². The maximum absolute atomic E-state index is 12.9. The minimum atomic E-state index is -0.271. The molecular formula is C10H13FN2. The summed E-state index contributed by atoms with van der Waals surface area (Å²) >= 11 is 0. The molecule has 0 radical (unpaired) electrons. The van der Waals surface area contributed by atoms with Gasteiger partial charge in [0.2, 0.25) is 0 Å². The van der Waals surface area contributed by atoms with E-state index >= 15 is 0 Å². The maximum Gasteiger partial charge on any atom is 0.151 e. The number of halogens is 1. The van der Waals surface area contributed by atoms with Crippen LogP contribution in [0.25, 0.3) is 11.0 Å². The first-order chi connectivity index (χ1) is 6.27. The summed E-state index contributed by atoms with van der Waals surface area (Å²) in [4.78, 5) is 6.93. The van der Waals surface area contributed by atoms with E-state index in [1.807, 2.05) is 13.8 Å². The highest BCUT2D eigenvalue weighted by Gasteiger charge is 2.02. The lowest BCUT2D eigenvalue weighted by Crippen LogP contribution is -1.75. The Kier molecular flexibility index (Phi) is 3.01. The van der Waals surface area contributed by atoms with Crippen molar-refractivity contribution in [1.82, 2.24) is 9.97 Å². The van der Waals surface area contributed by atoms with Crippen molar-refractivity contribution in [1.29, 1.82) is 0 Å². The van der Waals surface area contributed by atoms with Crippen molar-refractivity contribution in [3.63, 3.8) is 0 Å². The number of para-hydroxylation sites is 1. The summed E-state index contributed by atoms with van der Waals surface area (Å²) in [7, 11) is 0. The second-order valence-electron chi connectivity index (χ2n) is 2.46. The number of imidazole rings is 1. The Morgan fingerprint density at radius 1 is 1.31 bits per heavy atom. The first-order valence-corrected chi connectivity index (χ1v) is 4.38. The molecule has 1 heterocycles. The number of nitrogens with one attached hydrogen (secondary N) is 1. The number of aryl methyl sites for hydroxylation is 1. The van der Waals surface area contributed by atoms with E-state index in [4.69, 9.17) is 0 Å². The standard InChI is InChI=1S/C8H7FN2.C2H6/c1-5-10-7-4-2-3-6(9)8(7)11-5;1-2/h2-4H,1H3,(H,10,11);1-2H3. The summed E-state index contributed by atoms with van der Waals surface area (Å²) in [6.07, 6.45) is 0. The second-order valence-corrected chi connectivity index (χ2v) is 2.46. The zero-order valence-corrected chi connectivity index (χ0v) is 8.06. The normalized spacial score (nSPS) is 9.54. The number of nitrogens with zero attached hydrogens (tertiary/aromatic N) is 1. The highest BCUT2D eigenvalue weighted by molar-refractivity contribution is 5.75. The van der Waals surface area contributed by atoms with E-state index in [1.54, 1.807) is 19.1 Å². The van der Waals surface area contributed by atoms with Gasteiger partial charge in [0.15, 0.2) is 5.82 Å². The fourth-order valence-electron chi connectivity index (χ4n) is 1.12. The molecule has 0 spiro atoms. The van der Waals surface area contributed by atoms with Gasteiger partial charge in [-0.2, -0.15) is 0 Å². The van der Waals surface area contributed by atoms with Crippen LogP contribution in [0.5, 0.6) is 0 Å². The molecule has 2 nitrogen and oxygen atoms in total. The van der Waals surface area contributed by atoms with Crippen LogP contribution in [0.3, 0.4) is 0 Å². The smallest absolute Gasteiger partial charge is 0.151 e. The molecular weight excluding hydrogens is 167 g/mol. The first kappa shape index (κ1) is 9.71. The van der Waals surface area contributed by atoms with Crippen molar-refractivity contribution in [3.8, 4) is 0 Å². The number of aromatic amines is 1. The van der Waals surface area contributed by atoms with Gasteiger partial charge in [-0.1, -0.05) is 19.9 Å². The van der Waals surface area contributed by atoms with Crippen molar-refractivity contribution in [3.05, 3.63) is 29.8 Å². The second kappa shape index (κ2) is 4.03. The summed E-state index contributed by atoms with van der Waals surface area (Å²) in [5, 5.41) is 0. The van der Waals surface area contributed by atoms with Gasteiger partial charge in [0.05, 0.1) is 5.52 Å². The SMILES string of the molecule is CC.Cc1nc2c(F)cccc2[nH]1. The summed E-state index contributed by atoms with van der Waals surface area (Å²) in [6.45, 7) is 5.80. The van der Waals surface area contributed by atoms with Gasteiger partial charge in [0.1, 0.15) is 11.3 Å². The Hall–Kier alpha value is -1.38. The Morgan fingerprint density at radius 2 is 2.00 bits per heavy atom. The van der Waals surface area contributed by atoms with Crippen LogP contribution < -0.4 is 0 Å². The van der Waals surface area contributed by atoms with Gasteiger partial charge in [-0.25, -0.2) is 9.37 Å². The quantitative estimate of drug-likeness (QED) is 0.663.